The van der Waals surface area contributed by atoms with Crippen LogP contribution in [0.2, 0.25) is 0 Å². The summed E-state index contributed by atoms with van der Waals surface area (Å²) in [6.45, 7) is 1.87. The third-order valence-corrected chi connectivity index (χ3v) is 3.84. The SMILES string of the molecule is Cc1cc(F)c2nc(C3CCCC3)cc(N)c2c1. The molecule has 0 radical (unpaired) electrons. The topological polar surface area (TPSA) is 38.9 Å². The van der Waals surface area contributed by atoms with E-state index in [1.807, 2.05) is 19.1 Å². The Balaban J connectivity index is 2.20. The number of halogens is 1. The third kappa shape index (κ3) is 1.84. The lowest BCUT2D eigenvalue weighted by Gasteiger charge is -2.12. The van der Waals surface area contributed by atoms with Gasteiger partial charge in [-0.15, -0.1) is 0 Å². The molecule has 0 amide bonds. The van der Waals surface area contributed by atoms with Crippen LogP contribution < -0.4 is 5.73 Å². The first-order valence-electron chi connectivity index (χ1n) is 6.51. The molecule has 1 saturated carbocycles. The van der Waals surface area contributed by atoms with E-state index in [-0.39, 0.29) is 5.82 Å². The van der Waals surface area contributed by atoms with Crippen LogP contribution in [0.1, 0.15) is 42.9 Å². The molecule has 3 rings (SSSR count). The molecule has 2 aromatic rings. The van der Waals surface area contributed by atoms with Crippen molar-refractivity contribution in [2.75, 3.05) is 5.73 Å². The van der Waals surface area contributed by atoms with Crippen molar-refractivity contribution < 1.29 is 4.39 Å². The van der Waals surface area contributed by atoms with E-state index in [9.17, 15) is 4.39 Å². The maximum absolute atomic E-state index is 14.0. The zero-order valence-corrected chi connectivity index (χ0v) is 10.5. The first-order valence-corrected chi connectivity index (χ1v) is 6.51. The fraction of sp³-hybridized carbons (Fsp3) is 0.400. The van der Waals surface area contributed by atoms with Crippen LogP contribution in [-0.4, -0.2) is 4.98 Å². The molecule has 18 heavy (non-hydrogen) atoms. The van der Waals surface area contributed by atoms with E-state index in [2.05, 4.69) is 4.98 Å². The van der Waals surface area contributed by atoms with Crippen molar-refractivity contribution in [2.45, 2.75) is 38.5 Å². The molecule has 0 spiro atoms. The lowest BCUT2D eigenvalue weighted by Crippen LogP contribution is -2.01. The van der Waals surface area contributed by atoms with E-state index in [0.717, 1.165) is 29.5 Å². The normalized spacial score (nSPS) is 16.6. The second-order valence-corrected chi connectivity index (χ2v) is 5.26. The Morgan fingerprint density at radius 1 is 1.22 bits per heavy atom. The van der Waals surface area contributed by atoms with Gasteiger partial charge in [0.2, 0.25) is 0 Å². The van der Waals surface area contributed by atoms with Crippen LogP contribution in [0, 0.1) is 12.7 Å². The number of anilines is 1. The molecular weight excluding hydrogens is 227 g/mol. The van der Waals surface area contributed by atoms with Gasteiger partial charge in [-0.1, -0.05) is 12.8 Å². The second kappa shape index (κ2) is 4.23. The van der Waals surface area contributed by atoms with Gasteiger partial charge < -0.3 is 5.73 Å². The van der Waals surface area contributed by atoms with Crippen LogP contribution in [0.5, 0.6) is 0 Å². The Bertz CT molecular complexity index is 601. The predicted octanol–water partition coefficient (Wildman–Crippen LogP) is 3.92. The Morgan fingerprint density at radius 3 is 2.67 bits per heavy atom. The number of nitrogens with zero attached hydrogens (tertiary/aromatic N) is 1. The molecule has 0 aliphatic heterocycles. The van der Waals surface area contributed by atoms with Crippen molar-refractivity contribution >= 4 is 16.6 Å². The molecule has 0 unspecified atom stereocenters. The molecule has 1 aliphatic rings. The van der Waals surface area contributed by atoms with Crippen LogP contribution in [0.3, 0.4) is 0 Å². The smallest absolute Gasteiger partial charge is 0.149 e. The van der Waals surface area contributed by atoms with Crippen LogP contribution >= 0.6 is 0 Å². The van der Waals surface area contributed by atoms with Crippen LogP contribution in [-0.2, 0) is 0 Å². The zero-order chi connectivity index (χ0) is 12.7. The van der Waals surface area contributed by atoms with Crippen molar-refractivity contribution in [1.29, 1.82) is 0 Å². The number of nitrogens with two attached hydrogens (primary N) is 1. The molecule has 2 N–H and O–H groups in total. The minimum absolute atomic E-state index is 0.267. The maximum Gasteiger partial charge on any atom is 0.149 e. The number of benzene rings is 1. The molecule has 1 aliphatic carbocycles. The van der Waals surface area contributed by atoms with Crippen molar-refractivity contribution in [3.8, 4) is 0 Å². The van der Waals surface area contributed by atoms with E-state index < -0.39 is 0 Å². The highest BCUT2D eigenvalue weighted by Gasteiger charge is 2.20. The van der Waals surface area contributed by atoms with E-state index in [1.165, 1.54) is 18.9 Å². The maximum atomic E-state index is 14.0. The summed E-state index contributed by atoms with van der Waals surface area (Å²) in [4.78, 5) is 4.50. The second-order valence-electron chi connectivity index (χ2n) is 5.26. The van der Waals surface area contributed by atoms with Gasteiger partial charge >= 0.3 is 0 Å². The number of hydrogen-bond donors (Lipinski definition) is 1. The average molecular weight is 244 g/mol. The van der Waals surface area contributed by atoms with E-state index in [4.69, 9.17) is 5.73 Å². The van der Waals surface area contributed by atoms with Crippen LogP contribution in [0.15, 0.2) is 18.2 Å². The highest BCUT2D eigenvalue weighted by atomic mass is 19.1. The molecule has 0 saturated heterocycles. The van der Waals surface area contributed by atoms with Gasteiger partial charge in [0.1, 0.15) is 11.3 Å². The van der Waals surface area contributed by atoms with Gasteiger partial charge in [0.15, 0.2) is 0 Å². The summed E-state index contributed by atoms with van der Waals surface area (Å²) >= 11 is 0. The zero-order valence-electron chi connectivity index (χ0n) is 10.5. The molecule has 1 heterocycles. The lowest BCUT2D eigenvalue weighted by atomic mass is 10.0. The summed E-state index contributed by atoms with van der Waals surface area (Å²) in [6, 6.07) is 5.35. The number of aromatic nitrogens is 1. The quantitative estimate of drug-likeness (QED) is 0.825. The van der Waals surface area contributed by atoms with Gasteiger partial charge in [-0.2, -0.15) is 0 Å². The van der Waals surface area contributed by atoms with Gasteiger partial charge in [-0.3, -0.25) is 0 Å². The number of hydrogen-bond acceptors (Lipinski definition) is 2. The first-order chi connectivity index (χ1) is 8.65. The van der Waals surface area contributed by atoms with E-state index >= 15 is 0 Å². The first kappa shape index (κ1) is 11.5. The van der Waals surface area contributed by atoms with Gasteiger partial charge in [0.05, 0.1) is 0 Å². The average Bonchev–Trinajstić information content (AvgIpc) is 2.83. The summed E-state index contributed by atoms with van der Waals surface area (Å²) in [7, 11) is 0. The van der Waals surface area contributed by atoms with Crippen LogP contribution in [0.4, 0.5) is 10.1 Å². The molecule has 1 aromatic carbocycles. The Hall–Kier alpha value is -1.64. The van der Waals surface area contributed by atoms with Crippen molar-refractivity contribution in [1.82, 2.24) is 4.98 Å². The van der Waals surface area contributed by atoms with E-state index in [0.29, 0.717) is 17.1 Å². The van der Waals surface area contributed by atoms with Gasteiger partial charge in [0.25, 0.3) is 0 Å². The van der Waals surface area contributed by atoms with Crippen molar-refractivity contribution in [3.63, 3.8) is 0 Å². The Labute approximate surface area is 106 Å². The summed E-state index contributed by atoms with van der Waals surface area (Å²) in [5.74, 6) is 0.189. The number of aryl methyl sites for hydroxylation is 1. The third-order valence-electron chi connectivity index (χ3n) is 3.84. The molecule has 1 fully saturated rings. The summed E-state index contributed by atoms with van der Waals surface area (Å²) in [5, 5.41) is 0.731. The van der Waals surface area contributed by atoms with Crippen LogP contribution in [0.25, 0.3) is 10.9 Å². The minimum atomic E-state index is -0.267. The lowest BCUT2D eigenvalue weighted by molar-refractivity contribution is 0.632. The largest absolute Gasteiger partial charge is 0.398 e. The monoisotopic (exact) mass is 244 g/mol. The van der Waals surface area contributed by atoms with Gasteiger partial charge in [-0.25, -0.2) is 9.37 Å². The van der Waals surface area contributed by atoms with Gasteiger partial charge in [0, 0.05) is 22.7 Å². The number of pyridine rings is 1. The fourth-order valence-electron chi connectivity index (χ4n) is 2.90. The fourth-order valence-corrected chi connectivity index (χ4v) is 2.90. The highest BCUT2D eigenvalue weighted by Crippen LogP contribution is 2.35. The van der Waals surface area contributed by atoms with Gasteiger partial charge in [-0.05, 0) is 43.5 Å². The molecule has 2 nitrogen and oxygen atoms in total. The van der Waals surface area contributed by atoms with Crippen molar-refractivity contribution in [2.24, 2.45) is 0 Å². The summed E-state index contributed by atoms with van der Waals surface area (Å²) in [6.07, 6.45) is 4.76. The number of rotatable bonds is 1. The Kier molecular flexibility index (Phi) is 2.69. The Morgan fingerprint density at radius 2 is 1.94 bits per heavy atom. The van der Waals surface area contributed by atoms with Crippen molar-refractivity contribution in [3.05, 3.63) is 35.3 Å². The predicted molar refractivity (Wildman–Crippen MR) is 72.1 cm³/mol. The summed E-state index contributed by atoms with van der Waals surface area (Å²) < 4.78 is 14.0. The highest BCUT2D eigenvalue weighted by molar-refractivity contribution is 5.91. The minimum Gasteiger partial charge on any atom is -0.398 e. The molecule has 0 atom stereocenters. The molecular formula is C15H17FN2. The van der Waals surface area contributed by atoms with E-state index in [1.54, 1.807) is 0 Å². The molecule has 3 heteroatoms. The number of fused-ring (bicyclic) bond motifs is 1. The number of nitrogen functional groups attached to an aromatic ring is 1. The standard InChI is InChI=1S/C15H17FN2/c1-9-6-11-13(17)8-14(10-4-2-3-5-10)18-15(11)12(16)7-9/h6-8,10H,2-5H2,1H3,(H2,17,18). The molecule has 94 valence electrons. The molecule has 1 aromatic heterocycles. The molecule has 0 bridgehead atoms. The summed E-state index contributed by atoms with van der Waals surface area (Å²) in [5.41, 5.74) is 8.95.